The van der Waals surface area contributed by atoms with Gasteiger partial charge in [0.2, 0.25) is 0 Å². The summed E-state index contributed by atoms with van der Waals surface area (Å²) in [5.41, 5.74) is 2.02. The van der Waals surface area contributed by atoms with E-state index in [1.807, 2.05) is 12.1 Å². The molecule has 1 aliphatic heterocycles. The fraction of sp³-hybridized carbons (Fsp3) is 0.667. The van der Waals surface area contributed by atoms with Crippen LogP contribution in [0.5, 0.6) is 0 Å². The molecule has 1 aromatic rings. The molecule has 1 N–H and O–H groups in total. The average molecular weight is 292 g/mol. The highest BCUT2D eigenvalue weighted by molar-refractivity contribution is 5.25. The van der Waals surface area contributed by atoms with Gasteiger partial charge in [-0.1, -0.05) is 45.2 Å². The van der Waals surface area contributed by atoms with Gasteiger partial charge in [0.15, 0.2) is 0 Å². The molecule has 1 heterocycles. The number of nitrogens with zero attached hydrogens (tertiary/aromatic N) is 1. The quantitative estimate of drug-likeness (QED) is 0.879. The van der Waals surface area contributed by atoms with Crippen molar-refractivity contribution in [3.05, 3.63) is 35.1 Å². The molecular formula is C18H29FN2. The van der Waals surface area contributed by atoms with Gasteiger partial charge in [-0.3, -0.25) is 4.90 Å². The maximum Gasteiger partial charge on any atom is 0.127 e. The number of halogens is 1. The van der Waals surface area contributed by atoms with E-state index >= 15 is 0 Å². The Morgan fingerprint density at radius 2 is 1.76 bits per heavy atom. The smallest absolute Gasteiger partial charge is 0.127 e. The van der Waals surface area contributed by atoms with E-state index in [2.05, 4.69) is 24.1 Å². The summed E-state index contributed by atoms with van der Waals surface area (Å²) in [6, 6.07) is 6.00. The number of benzene rings is 1. The maximum absolute atomic E-state index is 14.1. The van der Waals surface area contributed by atoms with Crippen molar-refractivity contribution in [1.29, 1.82) is 0 Å². The molecular weight excluding hydrogens is 263 g/mol. The van der Waals surface area contributed by atoms with Crippen LogP contribution in [-0.2, 0) is 13.1 Å². The Morgan fingerprint density at radius 1 is 1.10 bits per heavy atom. The fourth-order valence-electron chi connectivity index (χ4n) is 2.89. The first-order valence-electron chi connectivity index (χ1n) is 8.38. The molecule has 1 aromatic carbocycles. The molecule has 0 aromatic heterocycles. The minimum atomic E-state index is -0.0645. The molecule has 21 heavy (non-hydrogen) atoms. The van der Waals surface area contributed by atoms with Crippen molar-refractivity contribution < 1.29 is 4.39 Å². The van der Waals surface area contributed by atoms with Crippen LogP contribution >= 0.6 is 0 Å². The second-order valence-electron chi connectivity index (χ2n) is 6.51. The van der Waals surface area contributed by atoms with Crippen LogP contribution in [0.4, 0.5) is 4.39 Å². The lowest BCUT2D eigenvalue weighted by atomic mass is 10.1. The zero-order chi connectivity index (χ0) is 15.1. The van der Waals surface area contributed by atoms with Gasteiger partial charge in [0.05, 0.1) is 0 Å². The van der Waals surface area contributed by atoms with Crippen LogP contribution in [-0.4, -0.2) is 24.0 Å². The SMILES string of the molecule is CC(C)NCc1ccc(F)c(CN2CCCCCCC2)c1. The summed E-state index contributed by atoms with van der Waals surface area (Å²) in [6.45, 7) is 8.03. The zero-order valence-corrected chi connectivity index (χ0v) is 13.5. The molecule has 0 saturated carbocycles. The van der Waals surface area contributed by atoms with Gasteiger partial charge in [-0.25, -0.2) is 4.39 Å². The molecule has 3 heteroatoms. The van der Waals surface area contributed by atoms with E-state index in [1.54, 1.807) is 6.07 Å². The molecule has 0 unspecified atom stereocenters. The highest BCUT2D eigenvalue weighted by Crippen LogP contribution is 2.17. The third kappa shape index (κ3) is 5.76. The Labute approximate surface area is 128 Å². The Morgan fingerprint density at radius 3 is 2.43 bits per heavy atom. The Kier molecular flexibility index (Phi) is 6.65. The van der Waals surface area contributed by atoms with Crippen LogP contribution in [0.3, 0.4) is 0 Å². The van der Waals surface area contributed by atoms with Gasteiger partial charge in [0.25, 0.3) is 0 Å². The third-order valence-electron chi connectivity index (χ3n) is 4.17. The number of likely N-dealkylation sites (tertiary alicyclic amines) is 1. The van der Waals surface area contributed by atoms with Crippen molar-refractivity contribution in [2.24, 2.45) is 0 Å². The first kappa shape index (κ1) is 16.4. The van der Waals surface area contributed by atoms with Crippen LogP contribution in [0.15, 0.2) is 18.2 Å². The molecule has 0 bridgehead atoms. The van der Waals surface area contributed by atoms with Gasteiger partial charge in [0.1, 0.15) is 5.82 Å². The van der Waals surface area contributed by atoms with E-state index in [-0.39, 0.29) is 5.82 Å². The van der Waals surface area contributed by atoms with Crippen LogP contribution in [0.1, 0.15) is 57.1 Å². The van der Waals surface area contributed by atoms with Crippen molar-refractivity contribution in [1.82, 2.24) is 10.2 Å². The van der Waals surface area contributed by atoms with Gasteiger partial charge in [-0.15, -0.1) is 0 Å². The molecule has 118 valence electrons. The van der Waals surface area contributed by atoms with Crippen molar-refractivity contribution >= 4 is 0 Å². The second kappa shape index (κ2) is 8.50. The summed E-state index contributed by atoms with van der Waals surface area (Å²) in [5, 5.41) is 3.39. The van der Waals surface area contributed by atoms with E-state index in [0.717, 1.165) is 31.7 Å². The molecule has 0 radical (unpaired) electrons. The van der Waals surface area contributed by atoms with E-state index < -0.39 is 0 Å². The molecule has 0 aliphatic carbocycles. The lowest BCUT2D eigenvalue weighted by Crippen LogP contribution is -2.27. The minimum absolute atomic E-state index is 0.0645. The Bertz CT molecular complexity index is 423. The minimum Gasteiger partial charge on any atom is -0.310 e. The monoisotopic (exact) mass is 292 g/mol. The molecule has 0 amide bonds. The summed E-state index contributed by atoms with van der Waals surface area (Å²) in [6.07, 6.45) is 6.49. The number of hydrogen-bond acceptors (Lipinski definition) is 2. The molecule has 0 atom stereocenters. The number of hydrogen-bond donors (Lipinski definition) is 1. The highest BCUT2D eigenvalue weighted by atomic mass is 19.1. The zero-order valence-electron chi connectivity index (χ0n) is 13.5. The van der Waals surface area contributed by atoms with E-state index in [9.17, 15) is 4.39 Å². The van der Waals surface area contributed by atoms with Gasteiger partial charge in [0, 0.05) is 24.7 Å². The molecule has 0 spiro atoms. The normalized spacial score (nSPS) is 17.7. The summed E-state index contributed by atoms with van der Waals surface area (Å²) in [4.78, 5) is 2.41. The largest absolute Gasteiger partial charge is 0.310 e. The fourth-order valence-corrected chi connectivity index (χ4v) is 2.89. The van der Waals surface area contributed by atoms with Crippen molar-refractivity contribution in [2.45, 2.75) is 65.1 Å². The lowest BCUT2D eigenvalue weighted by molar-refractivity contribution is 0.237. The predicted octanol–water partition coefficient (Wildman–Crippen LogP) is 4.09. The van der Waals surface area contributed by atoms with E-state index in [4.69, 9.17) is 0 Å². The highest BCUT2D eigenvalue weighted by Gasteiger charge is 2.12. The number of nitrogens with one attached hydrogen (secondary N) is 1. The molecule has 1 fully saturated rings. The molecule has 2 rings (SSSR count). The van der Waals surface area contributed by atoms with E-state index in [0.29, 0.717) is 6.04 Å². The summed E-state index contributed by atoms with van der Waals surface area (Å²) in [5.74, 6) is -0.0645. The Hall–Kier alpha value is -0.930. The Balaban J connectivity index is 1.98. The molecule has 1 saturated heterocycles. The van der Waals surface area contributed by atoms with Crippen LogP contribution < -0.4 is 5.32 Å². The van der Waals surface area contributed by atoms with Gasteiger partial charge < -0.3 is 5.32 Å². The van der Waals surface area contributed by atoms with Gasteiger partial charge in [-0.05, 0) is 37.6 Å². The molecule has 1 aliphatic rings. The standard InChI is InChI=1S/C18H29FN2/c1-15(2)20-13-16-8-9-18(19)17(12-16)14-21-10-6-4-3-5-7-11-21/h8-9,12,15,20H,3-7,10-11,13-14H2,1-2H3. The van der Waals surface area contributed by atoms with Gasteiger partial charge in [-0.2, -0.15) is 0 Å². The summed E-state index contributed by atoms with van der Waals surface area (Å²) >= 11 is 0. The number of rotatable bonds is 5. The second-order valence-corrected chi connectivity index (χ2v) is 6.51. The van der Waals surface area contributed by atoms with E-state index in [1.165, 1.54) is 37.7 Å². The summed E-state index contributed by atoms with van der Waals surface area (Å²) in [7, 11) is 0. The molecule has 2 nitrogen and oxygen atoms in total. The topological polar surface area (TPSA) is 15.3 Å². The maximum atomic E-state index is 14.1. The average Bonchev–Trinajstić information content (AvgIpc) is 2.42. The van der Waals surface area contributed by atoms with Crippen molar-refractivity contribution in [3.8, 4) is 0 Å². The third-order valence-corrected chi connectivity index (χ3v) is 4.17. The van der Waals surface area contributed by atoms with Crippen LogP contribution in [0.2, 0.25) is 0 Å². The first-order chi connectivity index (χ1) is 10.1. The predicted molar refractivity (Wildman–Crippen MR) is 86.7 cm³/mol. The lowest BCUT2D eigenvalue weighted by Gasteiger charge is -2.25. The van der Waals surface area contributed by atoms with Crippen LogP contribution in [0.25, 0.3) is 0 Å². The van der Waals surface area contributed by atoms with Crippen LogP contribution in [0, 0.1) is 5.82 Å². The van der Waals surface area contributed by atoms with Gasteiger partial charge >= 0.3 is 0 Å². The van der Waals surface area contributed by atoms with Crippen molar-refractivity contribution in [2.75, 3.05) is 13.1 Å². The van der Waals surface area contributed by atoms with Crippen molar-refractivity contribution in [3.63, 3.8) is 0 Å². The summed E-state index contributed by atoms with van der Waals surface area (Å²) < 4.78 is 14.1. The first-order valence-corrected chi connectivity index (χ1v) is 8.38.